The number of ether oxygens (including phenoxy) is 1. The van der Waals surface area contributed by atoms with Crippen LogP contribution in [0.5, 0.6) is 11.5 Å². The highest BCUT2D eigenvalue weighted by molar-refractivity contribution is 9.10. The van der Waals surface area contributed by atoms with E-state index in [2.05, 4.69) is 55.2 Å². The summed E-state index contributed by atoms with van der Waals surface area (Å²) < 4.78 is 5.75. The van der Waals surface area contributed by atoms with Crippen molar-refractivity contribution in [2.24, 2.45) is 5.10 Å². The summed E-state index contributed by atoms with van der Waals surface area (Å²) >= 11 is 3.33. The molecule has 0 spiro atoms. The molecule has 0 bridgehead atoms. The van der Waals surface area contributed by atoms with Crippen LogP contribution in [-0.2, 0) is 0 Å². The van der Waals surface area contributed by atoms with Gasteiger partial charge in [-0.25, -0.2) is 0 Å². The summed E-state index contributed by atoms with van der Waals surface area (Å²) in [6, 6.07) is 14.0. The smallest absolute Gasteiger partial charge is 0.172 e. The molecule has 1 N–H and O–H groups in total. The molecule has 1 saturated heterocycles. The fourth-order valence-electron chi connectivity index (χ4n) is 2.68. The third-order valence-electron chi connectivity index (χ3n) is 4.02. The van der Waals surface area contributed by atoms with Gasteiger partial charge in [0.1, 0.15) is 0 Å². The van der Waals surface area contributed by atoms with E-state index in [0.717, 1.165) is 31.7 Å². The first-order valence-corrected chi connectivity index (χ1v) is 8.62. The Labute approximate surface area is 150 Å². The molecule has 5 nitrogen and oxygen atoms in total. The first kappa shape index (κ1) is 16.6. The minimum absolute atomic E-state index is 0.103. The Hall–Kier alpha value is -2.21. The van der Waals surface area contributed by atoms with E-state index in [1.807, 2.05) is 12.1 Å². The van der Waals surface area contributed by atoms with Gasteiger partial charge >= 0.3 is 0 Å². The van der Waals surface area contributed by atoms with Gasteiger partial charge in [-0.2, -0.15) is 5.10 Å². The first-order valence-electron chi connectivity index (χ1n) is 7.83. The fraction of sp³-hybridized carbons (Fsp3) is 0.278. The van der Waals surface area contributed by atoms with Crippen LogP contribution in [0.2, 0.25) is 0 Å². The molecule has 0 unspecified atom stereocenters. The maximum Gasteiger partial charge on any atom is 0.172 e. The molecular formula is C18H20BrN3O2. The number of hydrogen-bond donors (Lipinski definition) is 1. The van der Waals surface area contributed by atoms with E-state index < -0.39 is 0 Å². The lowest BCUT2D eigenvalue weighted by Gasteiger charge is -2.34. The number of phenols is 1. The van der Waals surface area contributed by atoms with Crippen LogP contribution < -0.4 is 9.64 Å². The van der Waals surface area contributed by atoms with E-state index in [4.69, 9.17) is 4.74 Å². The molecule has 2 aromatic rings. The molecule has 0 aliphatic carbocycles. The van der Waals surface area contributed by atoms with Gasteiger partial charge in [0.2, 0.25) is 0 Å². The van der Waals surface area contributed by atoms with Gasteiger partial charge in [-0.15, -0.1) is 0 Å². The molecular weight excluding hydrogens is 370 g/mol. The molecule has 1 aliphatic rings. The van der Waals surface area contributed by atoms with Crippen molar-refractivity contribution < 1.29 is 9.84 Å². The van der Waals surface area contributed by atoms with Crippen LogP contribution in [0.4, 0.5) is 5.69 Å². The highest BCUT2D eigenvalue weighted by Crippen LogP contribution is 2.34. The van der Waals surface area contributed by atoms with Gasteiger partial charge in [0.25, 0.3) is 0 Å². The van der Waals surface area contributed by atoms with E-state index >= 15 is 0 Å². The molecule has 0 atom stereocenters. The van der Waals surface area contributed by atoms with Crippen molar-refractivity contribution in [2.45, 2.75) is 0 Å². The number of hydrogen-bond acceptors (Lipinski definition) is 5. The summed E-state index contributed by atoms with van der Waals surface area (Å²) in [6.07, 6.45) is 1.80. The number of aromatic hydroxyl groups is 1. The molecule has 0 aromatic heterocycles. The summed E-state index contributed by atoms with van der Waals surface area (Å²) in [5.41, 5.74) is 2.13. The largest absolute Gasteiger partial charge is 0.503 e. The molecule has 1 fully saturated rings. The third-order valence-corrected chi connectivity index (χ3v) is 4.62. The van der Waals surface area contributed by atoms with E-state index in [9.17, 15) is 5.11 Å². The Morgan fingerprint density at radius 2 is 1.83 bits per heavy atom. The quantitative estimate of drug-likeness (QED) is 0.814. The number of benzene rings is 2. The van der Waals surface area contributed by atoms with Gasteiger partial charge in [0, 0.05) is 18.8 Å². The second-order valence-electron chi connectivity index (χ2n) is 5.57. The maximum atomic E-state index is 9.84. The summed E-state index contributed by atoms with van der Waals surface area (Å²) in [7, 11) is 1.53. The number of piperazine rings is 1. The summed E-state index contributed by atoms with van der Waals surface area (Å²) in [6.45, 7) is 3.65. The summed E-state index contributed by atoms with van der Waals surface area (Å²) in [4.78, 5) is 2.37. The van der Waals surface area contributed by atoms with Crippen molar-refractivity contribution in [3.05, 3.63) is 52.5 Å². The summed E-state index contributed by atoms with van der Waals surface area (Å²) in [5, 5.41) is 16.5. The minimum Gasteiger partial charge on any atom is -0.503 e. The molecule has 126 valence electrons. The third kappa shape index (κ3) is 3.82. The van der Waals surface area contributed by atoms with Crippen LogP contribution in [0.1, 0.15) is 5.56 Å². The lowest BCUT2D eigenvalue weighted by atomic mass is 10.2. The zero-order valence-corrected chi connectivity index (χ0v) is 15.1. The number of halogens is 1. The fourth-order valence-corrected chi connectivity index (χ4v) is 3.14. The SMILES string of the molecule is COc1cc(C=NN2CCN(c3ccccc3)CC2)cc(Br)c1O. The monoisotopic (exact) mass is 389 g/mol. The lowest BCUT2D eigenvalue weighted by Crippen LogP contribution is -2.44. The molecule has 0 amide bonds. The van der Waals surface area contributed by atoms with E-state index in [0.29, 0.717) is 10.2 Å². The predicted octanol–water partition coefficient (Wildman–Crippen LogP) is 3.32. The highest BCUT2D eigenvalue weighted by Gasteiger charge is 2.15. The highest BCUT2D eigenvalue weighted by atomic mass is 79.9. The van der Waals surface area contributed by atoms with Crippen molar-refractivity contribution in [3.63, 3.8) is 0 Å². The second kappa shape index (κ2) is 7.57. The van der Waals surface area contributed by atoms with Crippen molar-refractivity contribution in [1.82, 2.24) is 5.01 Å². The first-order chi connectivity index (χ1) is 11.7. The average molecular weight is 390 g/mol. The molecule has 6 heteroatoms. The van der Waals surface area contributed by atoms with Gasteiger partial charge in [-0.1, -0.05) is 18.2 Å². The summed E-state index contributed by atoms with van der Waals surface area (Å²) in [5.74, 6) is 0.533. The normalized spacial score (nSPS) is 15.1. The Kier molecular flexibility index (Phi) is 5.25. The molecule has 1 aliphatic heterocycles. The van der Waals surface area contributed by atoms with Crippen molar-refractivity contribution in [1.29, 1.82) is 0 Å². The number of phenolic OH excluding ortho intramolecular Hbond substituents is 1. The van der Waals surface area contributed by atoms with Crippen LogP contribution >= 0.6 is 15.9 Å². The van der Waals surface area contributed by atoms with Crippen molar-refractivity contribution in [3.8, 4) is 11.5 Å². The standard InChI is InChI=1S/C18H20BrN3O2/c1-24-17-12-14(11-16(19)18(17)23)13-20-22-9-7-21(8-10-22)15-5-3-2-4-6-15/h2-6,11-13,23H,7-10H2,1H3. The molecule has 2 aromatic carbocycles. The van der Waals surface area contributed by atoms with Gasteiger partial charge in [0.15, 0.2) is 11.5 Å². The average Bonchev–Trinajstić information content (AvgIpc) is 2.63. The van der Waals surface area contributed by atoms with E-state index in [1.165, 1.54) is 12.8 Å². The van der Waals surface area contributed by atoms with Crippen molar-refractivity contribution >= 4 is 27.8 Å². The van der Waals surface area contributed by atoms with Crippen molar-refractivity contribution in [2.75, 3.05) is 38.2 Å². The topological polar surface area (TPSA) is 48.3 Å². The lowest BCUT2D eigenvalue weighted by molar-refractivity contribution is 0.272. The zero-order chi connectivity index (χ0) is 16.9. The van der Waals surface area contributed by atoms with Gasteiger partial charge < -0.3 is 14.7 Å². The van der Waals surface area contributed by atoms with Crippen LogP contribution in [0.15, 0.2) is 52.0 Å². The van der Waals surface area contributed by atoms with E-state index in [1.54, 1.807) is 12.3 Å². The number of anilines is 1. The van der Waals surface area contributed by atoms with Gasteiger partial charge in [0.05, 0.1) is 30.9 Å². The Morgan fingerprint density at radius 1 is 1.12 bits per heavy atom. The number of rotatable bonds is 4. The molecule has 24 heavy (non-hydrogen) atoms. The zero-order valence-electron chi connectivity index (χ0n) is 13.5. The number of para-hydroxylation sites is 1. The molecule has 0 radical (unpaired) electrons. The predicted molar refractivity (Wildman–Crippen MR) is 100 cm³/mol. The van der Waals surface area contributed by atoms with Crippen LogP contribution in [0, 0.1) is 0 Å². The van der Waals surface area contributed by atoms with E-state index in [-0.39, 0.29) is 5.75 Å². The minimum atomic E-state index is 0.103. The van der Waals surface area contributed by atoms with Crippen LogP contribution in [-0.4, -0.2) is 49.6 Å². The number of nitrogens with zero attached hydrogens (tertiary/aromatic N) is 3. The Balaban J connectivity index is 1.62. The van der Waals surface area contributed by atoms with Crippen LogP contribution in [0.3, 0.4) is 0 Å². The second-order valence-corrected chi connectivity index (χ2v) is 6.43. The Bertz CT molecular complexity index is 714. The molecule has 1 heterocycles. The van der Waals surface area contributed by atoms with Gasteiger partial charge in [-0.05, 0) is 45.8 Å². The maximum absolute atomic E-state index is 9.84. The number of methoxy groups -OCH3 is 1. The molecule has 0 saturated carbocycles. The van der Waals surface area contributed by atoms with Gasteiger partial charge in [-0.3, -0.25) is 5.01 Å². The molecule has 3 rings (SSSR count). The number of hydrazone groups is 1. The Morgan fingerprint density at radius 3 is 2.50 bits per heavy atom. The van der Waals surface area contributed by atoms with Crippen LogP contribution in [0.25, 0.3) is 0 Å².